The van der Waals surface area contributed by atoms with Crippen LogP contribution in [0.2, 0.25) is 0 Å². The van der Waals surface area contributed by atoms with Crippen molar-refractivity contribution in [3.63, 3.8) is 0 Å². The molecular formula is C15H16N2. The molecule has 0 radical (unpaired) electrons. The number of rotatable bonds is 4. The molecule has 0 saturated carbocycles. The van der Waals surface area contributed by atoms with E-state index in [0.717, 1.165) is 18.4 Å². The Hall–Kier alpha value is -1.85. The summed E-state index contributed by atoms with van der Waals surface area (Å²) in [4.78, 5) is 4.32. The number of hydrogen-bond donors (Lipinski definition) is 1. The first-order valence-electron chi connectivity index (χ1n) is 5.80. The maximum absolute atomic E-state index is 5.31. The topological polar surface area (TPSA) is 24.9 Å². The van der Waals surface area contributed by atoms with Gasteiger partial charge in [-0.2, -0.15) is 0 Å². The maximum atomic E-state index is 5.31. The molecule has 1 aromatic heterocycles. The van der Waals surface area contributed by atoms with Gasteiger partial charge >= 0.3 is 0 Å². The Bertz CT molecular complexity index is 540. The molecule has 0 aliphatic rings. The normalized spacial score (nSPS) is 12.2. The van der Waals surface area contributed by atoms with Crippen molar-refractivity contribution >= 4 is 10.9 Å². The van der Waals surface area contributed by atoms with Crippen LogP contribution in [0.5, 0.6) is 0 Å². The minimum Gasteiger partial charge on any atom is -0.313 e. The Morgan fingerprint density at radius 1 is 1.41 bits per heavy atom. The van der Waals surface area contributed by atoms with E-state index in [9.17, 15) is 0 Å². The molecule has 1 aromatic carbocycles. The van der Waals surface area contributed by atoms with Crippen LogP contribution in [0.1, 0.15) is 24.4 Å². The summed E-state index contributed by atoms with van der Waals surface area (Å²) >= 11 is 0. The third kappa shape index (κ3) is 2.64. The number of fused-ring (bicyclic) bond motifs is 1. The highest BCUT2D eigenvalue weighted by Gasteiger charge is 2.08. The second-order valence-corrected chi connectivity index (χ2v) is 4.04. The lowest BCUT2D eigenvalue weighted by molar-refractivity contribution is 0.559. The highest BCUT2D eigenvalue weighted by atomic mass is 14.9. The molecular weight excluding hydrogens is 208 g/mol. The molecule has 2 nitrogen and oxygen atoms in total. The molecule has 0 aliphatic carbocycles. The summed E-state index contributed by atoms with van der Waals surface area (Å²) in [5, 5.41) is 4.47. The summed E-state index contributed by atoms with van der Waals surface area (Å²) in [6, 6.07) is 10.7. The van der Waals surface area contributed by atoms with Crippen molar-refractivity contribution in [1.29, 1.82) is 0 Å². The predicted octanol–water partition coefficient (Wildman–Crippen LogP) is 2.91. The van der Waals surface area contributed by atoms with E-state index >= 15 is 0 Å². The van der Waals surface area contributed by atoms with E-state index in [1.165, 1.54) is 10.9 Å². The molecule has 17 heavy (non-hydrogen) atoms. The van der Waals surface area contributed by atoms with Crippen LogP contribution in [-0.4, -0.2) is 12.0 Å². The van der Waals surface area contributed by atoms with Gasteiger partial charge in [-0.1, -0.05) is 12.1 Å². The Morgan fingerprint density at radius 2 is 2.29 bits per heavy atom. The smallest absolute Gasteiger partial charge is 0.0702 e. The van der Waals surface area contributed by atoms with Crippen LogP contribution in [0.4, 0.5) is 0 Å². The van der Waals surface area contributed by atoms with Crippen molar-refractivity contribution in [3.05, 3.63) is 42.1 Å². The van der Waals surface area contributed by atoms with E-state index in [1.807, 2.05) is 19.3 Å². The number of benzene rings is 1. The van der Waals surface area contributed by atoms with E-state index < -0.39 is 0 Å². The lowest BCUT2D eigenvalue weighted by Gasteiger charge is -2.15. The van der Waals surface area contributed by atoms with Crippen molar-refractivity contribution < 1.29 is 0 Å². The zero-order chi connectivity index (χ0) is 12.1. The summed E-state index contributed by atoms with van der Waals surface area (Å²) in [6.45, 7) is 0. The molecule has 0 spiro atoms. The molecule has 1 heterocycles. The zero-order valence-corrected chi connectivity index (χ0v) is 9.98. The second kappa shape index (κ2) is 5.47. The monoisotopic (exact) mass is 224 g/mol. The number of aromatic nitrogens is 1. The number of hydrogen-bond acceptors (Lipinski definition) is 2. The van der Waals surface area contributed by atoms with Crippen LogP contribution in [0.15, 0.2) is 36.5 Å². The SMILES string of the molecule is C#CCCC(NC)c1ccc2ncccc2c1. The lowest BCUT2D eigenvalue weighted by atomic mass is 10.0. The average Bonchev–Trinajstić information content (AvgIpc) is 2.39. The first kappa shape index (κ1) is 11.6. The Morgan fingerprint density at radius 3 is 3.06 bits per heavy atom. The molecule has 0 aliphatic heterocycles. The van der Waals surface area contributed by atoms with E-state index in [2.05, 4.69) is 40.5 Å². The molecule has 1 N–H and O–H groups in total. The van der Waals surface area contributed by atoms with Crippen LogP contribution in [0.3, 0.4) is 0 Å². The van der Waals surface area contributed by atoms with Crippen molar-refractivity contribution in [3.8, 4) is 12.3 Å². The van der Waals surface area contributed by atoms with Gasteiger partial charge in [-0.3, -0.25) is 4.98 Å². The Kier molecular flexibility index (Phi) is 3.74. The van der Waals surface area contributed by atoms with E-state index in [1.54, 1.807) is 0 Å². The van der Waals surface area contributed by atoms with Gasteiger partial charge in [-0.15, -0.1) is 12.3 Å². The first-order chi connectivity index (χ1) is 8.35. The second-order valence-electron chi connectivity index (χ2n) is 4.04. The van der Waals surface area contributed by atoms with Crippen LogP contribution in [0.25, 0.3) is 10.9 Å². The van der Waals surface area contributed by atoms with E-state index in [4.69, 9.17) is 6.42 Å². The molecule has 1 atom stereocenters. The largest absolute Gasteiger partial charge is 0.313 e. The van der Waals surface area contributed by atoms with E-state index in [0.29, 0.717) is 6.04 Å². The molecule has 2 rings (SSSR count). The quantitative estimate of drug-likeness (QED) is 0.808. The molecule has 0 fully saturated rings. The zero-order valence-electron chi connectivity index (χ0n) is 9.98. The minimum atomic E-state index is 0.315. The standard InChI is InChI=1S/C15H16N2/c1-3-4-7-14(16-2)13-8-9-15-12(11-13)6-5-10-17-15/h1,5-6,8-11,14,16H,4,7H2,2H3. The summed E-state index contributed by atoms with van der Waals surface area (Å²) < 4.78 is 0. The average molecular weight is 224 g/mol. The fraction of sp³-hybridized carbons (Fsp3) is 0.267. The highest BCUT2D eigenvalue weighted by Crippen LogP contribution is 2.21. The summed E-state index contributed by atoms with van der Waals surface area (Å²) in [6.07, 6.45) is 8.87. The Labute approximate surface area is 102 Å². The molecule has 2 heteroatoms. The highest BCUT2D eigenvalue weighted by molar-refractivity contribution is 5.79. The van der Waals surface area contributed by atoms with Crippen molar-refractivity contribution in [2.24, 2.45) is 0 Å². The van der Waals surface area contributed by atoms with Gasteiger partial charge in [0.2, 0.25) is 0 Å². The lowest BCUT2D eigenvalue weighted by Crippen LogP contribution is -2.16. The van der Waals surface area contributed by atoms with Crippen molar-refractivity contribution in [2.75, 3.05) is 7.05 Å². The molecule has 0 amide bonds. The van der Waals surface area contributed by atoms with Gasteiger partial charge in [0.25, 0.3) is 0 Å². The summed E-state index contributed by atoms with van der Waals surface area (Å²) in [5.74, 6) is 2.69. The fourth-order valence-electron chi connectivity index (χ4n) is 2.02. The van der Waals surface area contributed by atoms with Gasteiger partial charge < -0.3 is 5.32 Å². The number of terminal acetylenes is 1. The van der Waals surface area contributed by atoms with Gasteiger partial charge in [0.15, 0.2) is 0 Å². The van der Waals surface area contributed by atoms with Gasteiger partial charge in [-0.05, 0) is 37.2 Å². The van der Waals surface area contributed by atoms with Crippen molar-refractivity contribution in [1.82, 2.24) is 10.3 Å². The third-order valence-corrected chi connectivity index (χ3v) is 2.96. The van der Waals surface area contributed by atoms with Gasteiger partial charge in [0.1, 0.15) is 0 Å². The summed E-state index contributed by atoms with van der Waals surface area (Å²) in [5.41, 5.74) is 2.30. The number of nitrogens with one attached hydrogen (secondary N) is 1. The van der Waals surface area contributed by atoms with Crippen LogP contribution in [0, 0.1) is 12.3 Å². The van der Waals surface area contributed by atoms with Gasteiger partial charge in [0, 0.05) is 24.0 Å². The first-order valence-corrected chi connectivity index (χ1v) is 5.80. The van der Waals surface area contributed by atoms with Crippen molar-refractivity contribution in [2.45, 2.75) is 18.9 Å². The van der Waals surface area contributed by atoms with Crippen LogP contribution >= 0.6 is 0 Å². The van der Waals surface area contributed by atoms with Gasteiger partial charge in [0.05, 0.1) is 5.52 Å². The molecule has 2 aromatic rings. The molecule has 0 bridgehead atoms. The molecule has 1 unspecified atom stereocenters. The number of nitrogens with zero attached hydrogens (tertiary/aromatic N) is 1. The molecule has 0 saturated heterocycles. The predicted molar refractivity (Wildman–Crippen MR) is 71.6 cm³/mol. The fourth-order valence-corrected chi connectivity index (χ4v) is 2.02. The molecule has 86 valence electrons. The van der Waals surface area contributed by atoms with Gasteiger partial charge in [-0.25, -0.2) is 0 Å². The van der Waals surface area contributed by atoms with E-state index in [-0.39, 0.29) is 0 Å². The Balaban J connectivity index is 2.31. The summed E-state index contributed by atoms with van der Waals surface area (Å²) in [7, 11) is 1.97. The van der Waals surface area contributed by atoms with Crippen LogP contribution < -0.4 is 5.32 Å². The number of pyridine rings is 1. The van der Waals surface area contributed by atoms with Crippen LogP contribution in [-0.2, 0) is 0 Å². The third-order valence-electron chi connectivity index (χ3n) is 2.96. The maximum Gasteiger partial charge on any atom is 0.0702 e. The minimum absolute atomic E-state index is 0.315.